The van der Waals surface area contributed by atoms with Crippen LogP contribution in [-0.4, -0.2) is 42.7 Å². The predicted molar refractivity (Wildman–Crippen MR) is 101 cm³/mol. The van der Waals surface area contributed by atoms with E-state index in [4.69, 9.17) is 0 Å². The van der Waals surface area contributed by atoms with Crippen LogP contribution in [0.5, 0.6) is 0 Å². The van der Waals surface area contributed by atoms with Crippen LogP contribution in [0.2, 0.25) is 0 Å². The molecule has 1 aromatic carbocycles. The van der Waals surface area contributed by atoms with E-state index in [1.165, 1.54) is 17.7 Å². The van der Waals surface area contributed by atoms with Gasteiger partial charge in [-0.15, -0.1) is 0 Å². The second kappa shape index (κ2) is 7.99. The van der Waals surface area contributed by atoms with Crippen molar-refractivity contribution in [2.24, 2.45) is 0 Å². The Morgan fingerprint density at radius 1 is 1.04 bits per heavy atom. The minimum atomic E-state index is 0.926. The van der Waals surface area contributed by atoms with Gasteiger partial charge in [-0.25, -0.2) is 9.97 Å². The van der Waals surface area contributed by atoms with Gasteiger partial charge in [0.1, 0.15) is 18.0 Å². The van der Waals surface area contributed by atoms with E-state index in [1.807, 2.05) is 0 Å². The topological polar surface area (TPSA) is 44.3 Å². The Morgan fingerprint density at radius 2 is 1.83 bits per heavy atom. The van der Waals surface area contributed by atoms with Crippen LogP contribution in [0, 0.1) is 6.92 Å². The Hall–Kier alpha value is -2.30. The molecule has 1 aliphatic rings. The molecule has 1 fully saturated rings. The molecule has 1 aromatic heterocycles. The van der Waals surface area contributed by atoms with Crippen molar-refractivity contribution in [3.05, 3.63) is 42.2 Å². The number of benzene rings is 1. The molecule has 0 spiro atoms. The van der Waals surface area contributed by atoms with Crippen LogP contribution in [0.4, 0.5) is 17.3 Å². The molecule has 5 heteroatoms. The van der Waals surface area contributed by atoms with E-state index in [0.717, 1.165) is 50.8 Å². The Labute approximate surface area is 144 Å². The second-order valence-corrected chi connectivity index (χ2v) is 6.35. The molecule has 0 bridgehead atoms. The number of piperazine rings is 1. The average molecular weight is 325 g/mol. The van der Waals surface area contributed by atoms with Gasteiger partial charge in [0, 0.05) is 44.5 Å². The Kier molecular flexibility index (Phi) is 5.51. The molecular weight excluding hydrogens is 298 g/mol. The van der Waals surface area contributed by atoms with Crippen molar-refractivity contribution >= 4 is 17.3 Å². The number of nitrogens with one attached hydrogen (secondary N) is 1. The lowest BCUT2D eigenvalue weighted by molar-refractivity contribution is 0.646. The summed E-state index contributed by atoms with van der Waals surface area (Å²) in [6, 6.07) is 10.8. The quantitative estimate of drug-likeness (QED) is 0.825. The van der Waals surface area contributed by atoms with Gasteiger partial charge in [-0.2, -0.15) is 0 Å². The minimum absolute atomic E-state index is 0.926. The maximum Gasteiger partial charge on any atom is 0.134 e. The predicted octanol–water partition coefficient (Wildman–Crippen LogP) is 3.32. The van der Waals surface area contributed by atoms with Crippen molar-refractivity contribution in [3.8, 4) is 0 Å². The highest BCUT2D eigenvalue weighted by Gasteiger charge is 2.18. The van der Waals surface area contributed by atoms with Gasteiger partial charge in [0.25, 0.3) is 0 Å². The van der Waals surface area contributed by atoms with E-state index in [1.54, 1.807) is 6.33 Å². The Balaban J connectivity index is 1.59. The fourth-order valence-electron chi connectivity index (χ4n) is 3.03. The maximum atomic E-state index is 4.46. The number of nitrogens with zero attached hydrogens (tertiary/aromatic N) is 4. The molecule has 0 atom stereocenters. The highest BCUT2D eigenvalue weighted by atomic mass is 15.3. The standard InChI is InChI=1S/C19H27N5/c1-3-4-8-20-18-14-19(22-15-21-18)24-11-9-23(10-12-24)17-7-5-6-16(2)13-17/h5-7,13-15H,3-4,8-12H2,1-2H3,(H,20,21,22). The van der Waals surface area contributed by atoms with Gasteiger partial charge in [0.05, 0.1) is 0 Å². The molecule has 128 valence electrons. The van der Waals surface area contributed by atoms with Crippen LogP contribution in [0.25, 0.3) is 0 Å². The first-order valence-corrected chi connectivity index (χ1v) is 8.89. The molecule has 0 saturated carbocycles. The van der Waals surface area contributed by atoms with Crippen LogP contribution >= 0.6 is 0 Å². The summed E-state index contributed by atoms with van der Waals surface area (Å²) in [6.07, 6.45) is 4.01. The van der Waals surface area contributed by atoms with Crippen LogP contribution in [0.3, 0.4) is 0 Å². The molecule has 2 aromatic rings. The molecule has 1 saturated heterocycles. The molecule has 1 aliphatic heterocycles. The molecule has 0 unspecified atom stereocenters. The summed E-state index contributed by atoms with van der Waals surface area (Å²) in [6.45, 7) is 9.32. The van der Waals surface area contributed by atoms with E-state index in [9.17, 15) is 0 Å². The molecule has 2 heterocycles. The lowest BCUT2D eigenvalue weighted by Crippen LogP contribution is -2.46. The summed E-state index contributed by atoms with van der Waals surface area (Å²) >= 11 is 0. The molecule has 0 amide bonds. The van der Waals surface area contributed by atoms with Crippen molar-refractivity contribution in [2.45, 2.75) is 26.7 Å². The van der Waals surface area contributed by atoms with E-state index in [0.29, 0.717) is 0 Å². The fourth-order valence-corrected chi connectivity index (χ4v) is 3.03. The number of hydrogen-bond donors (Lipinski definition) is 1. The van der Waals surface area contributed by atoms with Crippen LogP contribution in [0.1, 0.15) is 25.3 Å². The number of unbranched alkanes of at least 4 members (excludes halogenated alkanes) is 1. The zero-order valence-electron chi connectivity index (χ0n) is 14.7. The second-order valence-electron chi connectivity index (χ2n) is 6.35. The van der Waals surface area contributed by atoms with Gasteiger partial charge in [0.2, 0.25) is 0 Å². The number of aryl methyl sites for hydroxylation is 1. The lowest BCUT2D eigenvalue weighted by atomic mass is 10.2. The third kappa shape index (κ3) is 4.16. The first-order valence-electron chi connectivity index (χ1n) is 8.89. The first-order chi connectivity index (χ1) is 11.8. The molecule has 24 heavy (non-hydrogen) atoms. The summed E-state index contributed by atoms with van der Waals surface area (Å²) in [5, 5.41) is 3.38. The van der Waals surface area contributed by atoms with Crippen molar-refractivity contribution < 1.29 is 0 Å². The SMILES string of the molecule is CCCCNc1cc(N2CCN(c3cccc(C)c3)CC2)ncn1. The highest BCUT2D eigenvalue weighted by molar-refractivity contribution is 5.53. The minimum Gasteiger partial charge on any atom is -0.370 e. The number of anilines is 3. The summed E-state index contributed by atoms with van der Waals surface area (Å²) in [5.74, 6) is 1.95. The summed E-state index contributed by atoms with van der Waals surface area (Å²) in [5.41, 5.74) is 2.63. The van der Waals surface area contributed by atoms with Gasteiger partial charge in [-0.3, -0.25) is 0 Å². The fraction of sp³-hybridized carbons (Fsp3) is 0.474. The van der Waals surface area contributed by atoms with Gasteiger partial charge >= 0.3 is 0 Å². The van der Waals surface area contributed by atoms with E-state index in [2.05, 4.69) is 69.3 Å². The van der Waals surface area contributed by atoms with Crippen molar-refractivity contribution in [2.75, 3.05) is 47.8 Å². The molecule has 0 radical (unpaired) electrons. The molecule has 0 aliphatic carbocycles. The average Bonchev–Trinajstić information content (AvgIpc) is 2.62. The van der Waals surface area contributed by atoms with Gasteiger partial charge < -0.3 is 15.1 Å². The van der Waals surface area contributed by atoms with Crippen molar-refractivity contribution in [1.29, 1.82) is 0 Å². The van der Waals surface area contributed by atoms with Crippen molar-refractivity contribution in [1.82, 2.24) is 9.97 Å². The zero-order chi connectivity index (χ0) is 16.8. The molecule has 1 N–H and O–H groups in total. The lowest BCUT2D eigenvalue weighted by Gasteiger charge is -2.36. The molecular formula is C19H27N5. The zero-order valence-corrected chi connectivity index (χ0v) is 14.7. The van der Waals surface area contributed by atoms with Crippen LogP contribution < -0.4 is 15.1 Å². The molecule has 3 rings (SSSR count). The number of hydrogen-bond acceptors (Lipinski definition) is 5. The van der Waals surface area contributed by atoms with E-state index >= 15 is 0 Å². The monoisotopic (exact) mass is 325 g/mol. The summed E-state index contributed by atoms with van der Waals surface area (Å²) in [7, 11) is 0. The maximum absolute atomic E-state index is 4.46. The first kappa shape index (κ1) is 16.6. The van der Waals surface area contributed by atoms with Gasteiger partial charge in [-0.1, -0.05) is 25.5 Å². The third-order valence-electron chi connectivity index (χ3n) is 4.46. The number of aromatic nitrogens is 2. The van der Waals surface area contributed by atoms with E-state index < -0.39 is 0 Å². The number of rotatable bonds is 6. The van der Waals surface area contributed by atoms with Crippen LogP contribution in [0.15, 0.2) is 36.7 Å². The van der Waals surface area contributed by atoms with Crippen molar-refractivity contribution in [3.63, 3.8) is 0 Å². The van der Waals surface area contributed by atoms with Crippen LogP contribution in [-0.2, 0) is 0 Å². The highest BCUT2D eigenvalue weighted by Crippen LogP contribution is 2.21. The summed E-state index contributed by atoms with van der Waals surface area (Å²) in [4.78, 5) is 13.6. The van der Waals surface area contributed by atoms with E-state index in [-0.39, 0.29) is 0 Å². The normalized spacial score (nSPS) is 14.8. The molecule has 5 nitrogen and oxygen atoms in total. The summed E-state index contributed by atoms with van der Waals surface area (Å²) < 4.78 is 0. The largest absolute Gasteiger partial charge is 0.370 e. The smallest absolute Gasteiger partial charge is 0.134 e. The third-order valence-corrected chi connectivity index (χ3v) is 4.46. The van der Waals surface area contributed by atoms with Gasteiger partial charge in [0.15, 0.2) is 0 Å². The Bertz CT molecular complexity index is 650. The van der Waals surface area contributed by atoms with Gasteiger partial charge in [-0.05, 0) is 31.0 Å². The Morgan fingerprint density at radius 3 is 2.58 bits per heavy atom.